The van der Waals surface area contributed by atoms with Crippen LogP contribution in [0, 0.1) is 13.8 Å². The van der Waals surface area contributed by atoms with Crippen molar-refractivity contribution in [2.45, 2.75) is 39.8 Å². The van der Waals surface area contributed by atoms with E-state index in [1.165, 1.54) is 0 Å². The molecule has 1 atom stereocenters. The molecule has 2 N–H and O–H groups in total. The van der Waals surface area contributed by atoms with Gasteiger partial charge in [-0.2, -0.15) is 0 Å². The topological polar surface area (TPSA) is 102 Å². The summed E-state index contributed by atoms with van der Waals surface area (Å²) in [5.41, 5.74) is 0.527. The number of halogens is 1. The van der Waals surface area contributed by atoms with Gasteiger partial charge in [0.2, 0.25) is 0 Å². The highest BCUT2D eigenvalue weighted by Crippen LogP contribution is 2.19. The van der Waals surface area contributed by atoms with Gasteiger partial charge in [0.25, 0.3) is 11.5 Å². The smallest absolute Gasteiger partial charge is 0.261 e. The van der Waals surface area contributed by atoms with Gasteiger partial charge in [0.15, 0.2) is 5.82 Å². The lowest BCUT2D eigenvalue weighted by Gasteiger charge is -2.16. The van der Waals surface area contributed by atoms with Crippen LogP contribution in [0.5, 0.6) is 0 Å². The molecule has 0 saturated carbocycles. The first-order valence-electron chi connectivity index (χ1n) is 7.93. The van der Waals surface area contributed by atoms with Gasteiger partial charge in [-0.3, -0.25) is 9.59 Å². The molecule has 0 aliphatic heterocycles. The zero-order valence-electron chi connectivity index (χ0n) is 14.7. The zero-order chi connectivity index (χ0) is 18.6. The molecule has 0 spiro atoms. The molecule has 0 fully saturated rings. The van der Waals surface area contributed by atoms with Crippen LogP contribution < -0.4 is 10.9 Å². The number of hydrogen-bond donors (Lipinski definition) is 2. The second kappa shape index (κ2) is 8.26. The zero-order valence-corrected chi connectivity index (χ0v) is 15.5. The lowest BCUT2D eigenvalue weighted by Crippen LogP contribution is -2.34. The number of aryl methyl sites for hydroxylation is 2. The normalized spacial score (nSPS) is 12.2. The van der Waals surface area contributed by atoms with E-state index in [4.69, 9.17) is 16.3 Å². The molecular weight excluding hydrogens is 346 g/mol. The molecule has 2 aromatic heterocycles. The SMILES string of the molecule is COCCCn1cnnc1[C@H](C)NC(=O)c1c(C)c(Cl)c(C)[nH]c1=O. The fourth-order valence-electron chi connectivity index (χ4n) is 2.61. The molecule has 25 heavy (non-hydrogen) atoms. The number of methoxy groups -OCH3 is 1. The summed E-state index contributed by atoms with van der Waals surface area (Å²) in [5.74, 6) is 0.108. The molecule has 0 aliphatic carbocycles. The summed E-state index contributed by atoms with van der Waals surface area (Å²) < 4.78 is 6.89. The largest absolute Gasteiger partial charge is 0.385 e. The Bertz CT molecular complexity index is 815. The quantitative estimate of drug-likeness (QED) is 0.726. The van der Waals surface area contributed by atoms with Crippen LogP contribution in [0.3, 0.4) is 0 Å². The number of carbonyl (C=O) groups is 1. The van der Waals surface area contributed by atoms with Gasteiger partial charge in [0.1, 0.15) is 11.9 Å². The third-order valence-corrected chi connectivity index (χ3v) is 4.48. The molecule has 0 aromatic carbocycles. The molecule has 0 bridgehead atoms. The third kappa shape index (κ3) is 4.26. The second-order valence-electron chi connectivity index (χ2n) is 5.82. The number of aromatic amines is 1. The maximum atomic E-state index is 12.6. The molecule has 2 heterocycles. The van der Waals surface area contributed by atoms with Crippen LogP contribution in [0.2, 0.25) is 5.02 Å². The van der Waals surface area contributed by atoms with Crippen molar-refractivity contribution in [3.8, 4) is 0 Å². The van der Waals surface area contributed by atoms with Gasteiger partial charge in [-0.1, -0.05) is 11.6 Å². The van der Waals surface area contributed by atoms with Gasteiger partial charge in [-0.15, -0.1) is 10.2 Å². The Hall–Kier alpha value is -2.19. The molecule has 136 valence electrons. The fourth-order valence-corrected chi connectivity index (χ4v) is 2.75. The summed E-state index contributed by atoms with van der Waals surface area (Å²) in [6.45, 7) is 6.41. The number of amides is 1. The van der Waals surface area contributed by atoms with Crippen molar-refractivity contribution in [2.24, 2.45) is 0 Å². The first kappa shape index (κ1) is 19.1. The number of ether oxygens (including phenoxy) is 1. The highest BCUT2D eigenvalue weighted by molar-refractivity contribution is 6.32. The predicted octanol–water partition coefficient (Wildman–Crippen LogP) is 1.76. The Morgan fingerprint density at radius 3 is 2.88 bits per heavy atom. The average molecular weight is 368 g/mol. The second-order valence-corrected chi connectivity index (χ2v) is 6.20. The Balaban J connectivity index is 2.18. The number of nitrogens with zero attached hydrogens (tertiary/aromatic N) is 3. The first-order chi connectivity index (χ1) is 11.9. The summed E-state index contributed by atoms with van der Waals surface area (Å²) in [4.78, 5) is 27.3. The Morgan fingerprint density at radius 1 is 1.48 bits per heavy atom. The van der Waals surface area contributed by atoms with E-state index < -0.39 is 17.5 Å². The monoisotopic (exact) mass is 367 g/mol. The van der Waals surface area contributed by atoms with E-state index in [9.17, 15) is 9.59 Å². The van der Waals surface area contributed by atoms with Crippen LogP contribution in [-0.2, 0) is 11.3 Å². The number of nitrogens with one attached hydrogen (secondary N) is 2. The molecule has 0 radical (unpaired) electrons. The minimum atomic E-state index is -0.500. The van der Waals surface area contributed by atoms with Crippen LogP contribution >= 0.6 is 11.6 Å². The van der Waals surface area contributed by atoms with Gasteiger partial charge < -0.3 is 19.6 Å². The minimum absolute atomic E-state index is 0.00731. The van der Waals surface area contributed by atoms with Crippen molar-refractivity contribution in [3.63, 3.8) is 0 Å². The molecule has 9 heteroatoms. The Morgan fingerprint density at radius 2 is 2.20 bits per heavy atom. The summed E-state index contributed by atoms with van der Waals surface area (Å²) in [6.07, 6.45) is 2.41. The molecule has 0 unspecified atom stereocenters. The summed E-state index contributed by atoms with van der Waals surface area (Å²) in [7, 11) is 1.64. The van der Waals surface area contributed by atoms with Crippen molar-refractivity contribution in [3.05, 3.63) is 44.3 Å². The van der Waals surface area contributed by atoms with Gasteiger partial charge in [0.05, 0.1) is 11.1 Å². The molecule has 2 aromatic rings. The molecule has 0 aliphatic rings. The highest BCUT2D eigenvalue weighted by Gasteiger charge is 2.22. The molecule has 1 amide bonds. The van der Waals surface area contributed by atoms with Crippen LogP contribution in [0.1, 0.15) is 46.8 Å². The summed E-state index contributed by atoms with van der Waals surface area (Å²) in [6, 6.07) is -0.420. The first-order valence-corrected chi connectivity index (χ1v) is 8.31. The lowest BCUT2D eigenvalue weighted by molar-refractivity contribution is 0.0935. The van der Waals surface area contributed by atoms with Crippen molar-refractivity contribution < 1.29 is 9.53 Å². The summed E-state index contributed by atoms with van der Waals surface area (Å²) >= 11 is 6.14. The third-order valence-electron chi connectivity index (χ3n) is 3.92. The number of hydrogen-bond acceptors (Lipinski definition) is 5. The van der Waals surface area contributed by atoms with Crippen LogP contribution in [0.4, 0.5) is 0 Å². The maximum absolute atomic E-state index is 12.6. The molecule has 2 rings (SSSR count). The number of H-pyrrole nitrogens is 1. The van der Waals surface area contributed by atoms with Crippen LogP contribution in [0.15, 0.2) is 11.1 Å². The molecule has 0 saturated heterocycles. The Kier molecular flexibility index (Phi) is 6.33. The van der Waals surface area contributed by atoms with Crippen molar-refractivity contribution >= 4 is 17.5 Å². The highest BCUT2D eigenvalue weighted by atomic mass is 35.5. The minimum Gasteiger partial charge on any atom is -0.385 e. The molecular formula is C16H22ClN5O3. The standard InChI is InChI=1S/C16H22ClN5O3/c1-9-12(15(23)19-10(2)13(9)17)16(24)20-11(3)14-21-18-8-22(14)6-5-7-25-4/h8,11H,5-7H2,1-4H3,(H,19,23)(H,20,24)/t11-/m0/s1. The number of pyridine rings is 1. The fraction of sp³-hybridized carbons (Fsp3) is 0.500. The number of aromatic nitrogens is 4. The van der Waals surface area contributed by atoms with E-state index in [0.29, 0.717) is 35.3 Å². The maximum Gasteiger partial charge on any atom is 0.261 e. The van der Waals surface area contributed by atoms with Crippen LogP contribution in [0.25, 0.3) is 0 Å². The van der Waals surface area contributed by atoms with Gasteiger partial charge in [0, 0.05) is 26.0 Å². The van der Waals surface area contributed by atoms with E-state index >= 15 is 0 Å². The van der Waals surface area contributed by atoms with E-state index in [1.807, 2.05) is 4.57 Å². The lowest BCUT2D eigenvalue weighted by atomic mass is 10.1. The van der Waals surface area contributed by atoms with Crippen molar-refractivity contribution in [1.82, 2.24) is 25.1 Å². The van der Waals surface area contributed by atoms with Crippen molar-refractivity contribution in [2.75, 3.05) is 13.7 Å². The van der Waals surface area contributed by atoms with E-state index in [1.54, 1.807) is 34.2 Å². The van der Waals surface area contributed by atoms with Crippen LogP contribution in [-0.4, -0.2) is 39.4 Å². The molecule has 8 nitrogen and oxygen atoms in total. The number of rotatable bonds is 7. The number of carbonyl (C=O) groups excluding carboxylic acids is 1. The average Bonchev–Trinajstić information content (AvgIpc) is 3.01. The van der Waals surface area contributed by atoms with E-state index in [-0.39, 0.29) is 5.56 Å². The van der Waals surface area contributed by atoms with Crippen molar-refractivity contribution in [1.29, 1.82) is 0 Å². The van der Waals surface area contributed by atoms with Gasteiger partial charge >= 0.3 is 0 Å². The van der Waals surface area contributed by atoms with Gasteiger partial charge in [-0.05, 0) is 32.8 Å². The summed E-state index contributed by atoms with van der Waals surface area (Å²) in [5, 5.41) is 11.1. The van der Waals surface area contributed by atoms with Gasteiger partial charge in [-0.25, -0.2) is 0 Å². The Labute approximate surface area is 150 Å². The predicted molar refractivity (Wildman–Crippen MR) is 93.9 cm³/mol. The van der Waals surface area contributed by atoms with E-state index in [2.05, 4.69) is 20.5 Å². The van der Waals surface area contributed by atoms with E-state index in [0.717, 1.165) is 6.42 Å².